The topological polar surface area (TPSA) is 84.9 Å². The second kappa shape index (κ2) is 9.46. The number of nitrogens with one attached hydrogen (secondary N) is 1. The lowest BCUT2D eigenvalue weighted by Gasteiger charge is -2.26. The number of anilines is 1. The molecular weight excluding hydrogens is 440 g/mol. The molecule has 0 saturated carbocycles. The Morgan fingerprint density at radius 3 is 2.61 bits per heavy atom. The SMILES string of the molecule is O=C(Cc1cc(Cl)c2c(c1)OCCCO2)Nc1cccc(S(=O)(=O)N2CCCCC2)c1. The highest BCUT2D eigenvalue weighted by Crippen LogP contribution is 2.38. The van der Waals surface area contributed by atoms with E-state index in [-0.39, 0.29) is 17.2 Å². The van der Waals surface area contributed by atoms with Crippen LogP contribution in [0.4, 0.5) is 5.69 Å². The minimum absolute atomic E-state index is 0.0689. The van der Waals surface area contributed by atoms with Gasteiger partial charge in [-0.15, -0.1) is 0 Å². The molecule has 166 valence electrons. The first-order valence-corrected chi connectivity index (χ1v) is 12.2. The van der Waals surface area contributed by atoms with Gasteiger partial charge in [-0.3, -0.25) is 4.79 Å². The second-order valence-electron chi connectivity index (χ2n) is 7.67. The summed E-state index contributed by atoms with van der Waals surface area (Å²) in [6.07, 6.45) is 3.62. The molecule has 0 bridgehead atoms. The standard InChI is InChI=1S/C22H25ClN2O5S/c23-19-12-16(13-20-22(19)30-11-5-10-29-20)14-21(26)24-17-6-4-7-18(15-17)31(27,28)25-8-2-1-3-9-25/h4,6-7,12-13,15H,1-3,5,8-11,14H2,(H,24,26). The van der Waals surface area contributed by atoms with Crippen molar-refractivity contribution in [3.05, 3.63) is 47.0 Å². The Labute approximate surface area is 187 Å². The molecule has 2 aromatic rings. The first kappa shape index (κ1) is 21.9. The average Bonchev–Trinajstić information content (AvgIpc) is 3.00. The molecule has 7 nitrogen and oxygen atoms in total. The molecule has 2 aliphatic rings. The highest BCUT2D eigenvalue weighted by atomic mass is 35.5. The van der Waals surface area contributed by atoms with Gasteiger partial charge in [0.15, 0.2) is 11.5 Å². The summed E-state index contributed by atoms with van der Waals surface area (Å²) < 4.78 is 38.6. The van der Waals surface area contributed by atoms with Gasteiger partial charge < -0.3 is 14.8 Å². The maximum Gasteiger partial charge on any atom is 0.243 e. The third-order valence-electron chi connectivity index (χ3n) is 5.30. The fourth-order valence-electron chi connectivity index (χ4n) is 3.77. The average molecular weight is 465 g/mol. The normalized spacial score (nSPS) is 17.1. The van der Waals surface area contributed by atoms with Gasteiger partial charge in [-0.1, -0.05) is 24.1 Å². The summed E-state index contributed by atoms with van der Waals surface area (Å²) in [6, 6.07) is 9.81. The number of hydrogen-bond acceptors (Lipinski definition) is 5. The lowest BCUT2D eigenvalue weighted by molar-refractivity contribution is -0.115. The number of nitrogens with zero attached hydrogens (tertiary/aromatic N) is 1. The number of hydrogen-bond donors (Lipinski definition) is 1. The third kappa shape index (κ3) is 5.14. The molecule has 4 rings (SSSR count). The molecule has 1 N–H and O–H groups in total. The largest absolute Gasteiger partial charge is 0.489 e. The van der Waals surface area contributed by atoms with Gasteiger partial charge in [0.1, 0.15) is 0 Å². The Kier molecular flexibility index (Phi) is 6.69. The van der Waals surface area contributed by atoms with E-state index >= 15 is 0 Å². The fraction of sp³-hybridized carbons (Fsp3) is 0.409. The lowest BCUT2D eigenvalue weighted by Crippen LogP contribution is -2.35. The zero-order valence-electron chi connectivity index (χ0n) is 17.1. The van der Waals surface area contributed by atoms with Crippen LogP contribution in [0.25, 0.3) is 0 Å². The summed E-state index contributed by atoms with van der Waals surface area (Å²) in [4.78, 5) is 12.8. The maximum atomic E-state index is 12.9. The highest BCUT2D eigenvalue weighted by Gasteiger charge is 2.26. The number of carbonyl (C=O) groups excluding carboxylic acids is 1. The number of ether oxygens (including phenoxy) is 2. The number of amides is 1. The number of sulfonamides is 1. The molecule has 0 aromatic heterocycles. The van der Waals surface area contributed by atoms with E-state index in [2.05, 4.69) is 5.32 Å². The Bertz CT molecular complexity index is 1070. The summed E-state index contributed by atoms with van der Waals surface area (Å²) in [7, 11) is -3.56. The van der Waals surface area contributed by atoms with Crippen LogP contribution in [0.2, 0.25) is 5.02 Å². The molecule has 1 amide bonds. The molecule has 0 aliphatic carbocycles. The van der Waals surface area contributed by atoms with E-state index in [1.165, 1.54) is 10.4 Å². The predicted molar refractivity (Wildman–Crippen MR) is 118 cm³/mol. The molecule has 0 atom stereocenters. The van der Waals surface area contributed by atoms with Gasteiger partial charge >= 0.3 is 0 Å². The van der Waals surface area contributed by atoms with Crippen molar-refractivity contribution in [2.45, 2.75) is 37.0 Å². The van der Waals surface area contributed by atoms with Crippen molar-refractivity contribution in [3.8, 4) is 11.5 Å². The first-order chi connectivity index (χ1) is 14.9. The van der Waals surface area contributed by atoms with Gasteiger partial charge in [0.25, 0.3) is 0 Å². The van der Waals surface area contributed by atoms with Crippen LogP contribution in [0, 0.1) is 0 Å². The summed E-state index contributed by atoms with van der Waals surface area (Å²) in [5, 5.41) is 3.18. The zero-order valence-corrected chi connectivity index (χ0v) is 18.7. The molecule has 2 aliphatic heterocycles. The zero-order chi connectivity index (χ0) is 21.8. The molecule has 2 aromatic carbocycles. The lowest BCUT2D eigenvalue weighted by atomic mass is 10.1. The Morgan fingerprint density at radius 1 is 1.03 bits per heavy atom. The minimum atomic E-state index is -3.56. The van der Waals surface area contributed by atoms with E-state index < -0.39 is 10.0 Å². The summed E-state index contributed by atoms with van der Waals surface area (Å²) >= 11 is 6.30. The van der Waals surface area contributed by atoms with E-state index in [1.807, 2.05) is 0 Å². The van der Waals surface area contributed by atoms with Crippen molar-refractivity contribution < 1.29 is 22.7 Å². The van der Waals surface area contributed by atoms with Crippen molar-refractivity contribution in [2.24, 2.45) is 0 Å². The molecule has 0 spiro atoms. The van der Waals surface area contributed by atoms with E-state index in [1.54, 1.807) is 30.3 Å². The van der Waals surface area contributed by atoms with E-state index in [4.69, 9.17) is 21.1 Å². The number of carbonyl (C=O) groups is 1. The van der Waals surface area contributed by atoms with Gasteiger partial charge in [-0.25, -0.2) is 8.42 Å². The van der Waals surface area contributed by atoms with Crippen LogP contribution in [0.5, 0.6) is 11.5 Å². The Balaban J connectivity index is 1.46. The quantitative estimate of drug-likeness (QED) is 0.726. The monoisotopic (exact) mass is 464 g/mol. The molecule has 31 heavy (non-hydrogen) atoms. The molecule has 0 unspecified atom stereocenters. The highest BCUT2D eigenvalue weighted by molar-refractivity contribution is 7.89. The molecule has 2 heterocycles. The van der Waals surface area contributed by atoms with E-state index in [0.29, 0.717) is 54.1 Å². The number of rotatable bonds is 5. The van der Waals surface area contributed by atoms with Crippen molar-refractivity contribution >= 4 is 33.2 Å². The Morgan fingerprint density at radius 2 is 1.81 bits per heavy atom. The van der Waals surface area contributed by atoms with Gasteiger partial charge in [-0.2, -0.15) is 4.31 Å². The van der Waals surface area contributed by atoms with Crippen LogP contribution < -0.4 is 14.8 Å². The van der Waals surface area contributed by atoms with Gasteiger partial charge in [0.05, 0.1) is 29.6 Å². The number of halogens is 1. The molecule has 9 heteroatoms. The Hall–Kier alpha value is -2.29. The van der Waals surface area contributed by atoms with Crippen LogP contribution in [-0.2, 0) is 21.2 Å². The van der Waals surface area contributed by atoms with E-state index in [0.717, 1.165) is 25.7 Å². The predicted octanol–water partition coefficient (Wildman–Crippen LogP) is 3.86. The van der Waals surface area contributed by atoms with Crippen LogP contribution in [0.3, 0.4) is 0 Å². The van der Waals surface area contributed by atoms with Gasteiger partial charge in [0, 0.05) is 25.2 Å². The van der Waals surface area contributed by atoms with E-state index in [9.17, 15) is 13.2 Å². The molecule has 1 fully saturated rings. The fourth-order valence-corrected chi connectivity index (χ4v) is 5.62. The first-order valence-electron chi connectivity index (χ1n) is 10.4. The van der Waals surface area contributed by atoms with Crippen LogP contribution >= 0.6 is 11.6 Å². The van der Waals surface area contributed by atoms with Crippen LogP contribution in [0.1, 0.15) is 31.2 Å². The van der Waals surface area contributed by atoms with Crippen molar-refractivity contribution in [3.63, 3.8) is 0 Å². The van der Waals surface area contributed by atoms with Crippen LogP contribution in [0.15, 0.2) is 41.3 Å². The van der Waals surface area contributed by atoms with Crippen LogP contribution in [-0.4, -0.2) is 44.9 Å². The number of benzene rings is 2. The number of piperidine rings is 1. The minimum Gasteiger partial charge on any atom is -0.489 e. The van der Waals surface area contributed by atoms with Crippen molar-refractivity contribution in [1.82, 2.24) is 4.31 Å². The second-order valence-corrected chi connectivity index (χ2v) is 10.0. The van der Waals surface area contributed by atoms with Gasteiger partial charge in [0.2, 0.25) is 15.9 Å². The smallest absolute Gasteiger partial charge is 0.243 e. The summed E-state index contributed by atoms with van der Waals surface area (Å²) in [5.74, 6) is 0.749. The van der Waals surface area contributed by atoms with Gasteiger partial charge in [-0.05, 0) is 48.7 Å². The molecular formula is C22H25ClN2O5S. The van der Waals surface area contributed by atoms with Crippen molar-refractivity contribution in [2.75, 3.05) is 31.6 Å². The molecule has 1 saturated heterocycles. The maximum absolute atomic E-state index is 12.9. The third-order valence-corrected chi connectivity index (χ3v) is 7.47. The molecule has 0 radical (unpaired) electrons. The summed E-state index contributed by atoms with van der Waals surface area (Å²) in [5.41, 5.74) is 1.12. The van der Waals surface area contributed by atoms with Crippen molar-refractivity contribution in [1.29, 1.82) is 0 Å². The number of fused-ring (bicyclic) bond motifs is 1. The summed E-state index contributed by atoms with van der Waals surface area (Å²) in [6.45, 7) is 2.12.